The lowest BCUT2D eigenvalue weighted by Crippen LogP contribution is -2.45. The minimum atomic E-state index is -0.921. The van der Waals surface area contributed by atoms with Crippen LogP contribution in [0.15, 0.2) is 121 Å². The Balaban J connectivity index is 1.31. The van der Waals surface area contributed by atoms with Crippen molar-refractivity contribution in [3.05, 3.63) is 149 Å². The Labute approximate surface area is 320 Å². The van der Waals surface area contributed by atoms with E-state index in [1.54, 1.807) is 0 Å². The van der Waals surface area contributed by atoms with E-state index < -0.39 is 24.1 Å². The van der Waals surface area contributed by atoms with Gasteiger partial charge < -0.3 is 20.5 Å². The van der Waals surface area contributed by atoms with E-state index in [4.69, 9.17) is 4.74 Å². The number of amides is 2. The number of para-hydroxylation sites is 1. The number of hydrogen-bond acceptors (Lipinski definition) is 5. The van der Waals surface area contributed by atoms with Gasteiger partial charge in [0.15, 0.2) is 12.4 Å². The highest BCUT2D eigenvalue weighted by molar-refractivity contribution is 5.90. The average molecular weight is 727 g/mol. The summed E-state index contributed by atoms with van der Waals surface area (Å²) in [6.07, 6.45) is 1.01. The van der Waals surface area contributed by atoms with E-state index in [2.05, 4.69) is 10.6 Å². The Bertz CT molecular complexity index is 1960. The molecule has 0 saturated heterocycles. The first kappa shape index (κ1) is 39.9. The van der Waals surface area contributed by atoms with Gasteiger partial charge in [-0.2, -0.15) is 0 Å². The Kier molecular flexibility index (Phi) is 14.6. The molecular weight excluding hydrogens is 673 g/mol. The first-order valence-corrected chi connectivity index (χ1v) is 19.1. The molecule has 0 heterocycles. The molecule has 0 saturated carbocycles. The molecular formula is C47H54N2O5. The molecule has 5 aromatic rings. The van der Waals surface area contributed by atoms with Crippen LogP contribution in [0.1, 0.15) is 60.9 Å². The van der Waals surface area contributed by atoms with Crippen LogP contribution in [-0.4, -0.2) is 47.5 Å². The normalized spacial score (nSPS) is 13.5. The van der Waals surface area contributed by atoms with E-state index in [9.17, 15) is 19.5 Å². The summed E-state index contributed by atoms with van der Waals surface area (Å²) in [6, 6.07) is 38.4. The summed E-state index contributed by atoms with van der Waals surface area (Å²) in [5.41, 5.74) is 4.81. The minimum Gasteiger partial charge on any atom is -0.483 e. The molecule has 2 amide bonds. The Morgan fingerprint density at radius 2 is 1.26 bits per heavy atom. The highest BCUT2D eigenvalue weighted by Gasteiger charge is 2.30. The molecule has 0 spiro atoms. The summed E-state index contributed by atoms with van der Waals surface area (Å²) in [7, 11) is 0. The lowest BCUT2D eigenvalue weighted by atomic mass is 9.83. The lowest BCUT2D eigenvalue weighted by Gasteiger charge is -2.29. The fourth-order valence-electron chi connectivity index (χ4n) is 7.19. The predicted molar refractivity (Wildman–Crippen MR) is 216 cm³/mol. The van der Waals surface area contributed by atoms with E-state index >= 15 is 0 Å². The molecule has 0 aliphatic carbocycles. The fourth-order valence-corrected chi connectivity index (χ4v) is 7.19. The number of ether oxygens (including phenoxy) is 1. The fraction of sp³-hybridized carbons (Fsp3) is 0.340. The summed E-state index contributed by atoms with van der Waals surface area (Å²) < 4.78 is 5.96. The van der Waals surface area contributed by atoms with Crippen LogP contribution in [0.4, 0.5) is 0 Å². The highest BCUT2D eigenvalue weighted by atomic mass is 16.5. The second-order valence-corrected chi connectivity index (χ2v) is 15.0. The van der Waals surface area contributed by atoms with Crippen LogP contribution < -0.4 is 15.4 Å². The molecule has 3 N–H and O–H groups in total. The first-order chi connectivity index (χ1) is 26.0. The standard InChI is InChI=1S/C47H54N2O5/c1-32(2)24-42(49-45(52)28-37-22-23-38-20-11-12-21-39(38)26-37)44(51)29-40(25-35-16-7-5-8-17-35)43(50)30-41(27-36-18-9-6-10-19-36)48-46(53)31-54-47-33(3)14-13-15-34(47)4/h5-23,26,32,40-43,50H,24-25,27-31H2,1-4H3,(H,48,53)(H,49,52)/t40-,41+,42+,43+/m1/s1. The van der Waals surface area contributed by atoms with Gasteiger partial charge in [-0.3, -0.25) is 14.4 Å². The summed E-state index contributed by atoms with van der Waals surface area (Å²) in [5.74, 6) is -0.206. The van der Waals surface area contributed by atoms with Gasteiger partial charge in [-0.05, 0) is 90.0 Å². The molecule has 0 fully saturated rings. The summed E-state index contributed by atoms with van der Waals surface area (Å²) >= 11 is 0. The number of benzene rings is 5. The molecule has 0 aliphatic heterocycles. The lowest BCUT2D eigenvalue weighted by molar-refractivity contribution is -0.129. The zero-order valence-corrected chi connectivity index (χ0v) is 32.0. The summed E-state index contributed by atoms with van der Waals surface area (Å²) in [5, 5.41) is 20.3. The number of ketones is 1. The van der Waals surface area contributed by atoms with Crippen molar-refractivity contribution in [1.82, 2.24) is 10.6 Å². The topological polar surface area (TPSA) is 105 Å². The van der Waals surface area contributed by atoms with Crippen molar-refractivity contribution < 1.29 is 24.2 Å². The molecule has 54 heavy (non-hydrogen) atoms. The number of aliphatic hydroxyl groups is 1. The third kappa shape index (κ3) is 12.1. The van der Waals surface area contributed by atoms with Crippen molar-refractivity contribution in [3.63, 3.8) is 0 Å². The maximum atomic E-state index is 14.2. The van der Waals surface area contributed by atoms with Gasteiger partial charge in [0, 0.05) is 12.5 Å². The van der Waals surface area contributed by atoms with Crippen molar-refractivity contribution in [2.75, 3.05) is 6.61 Å². The minimum absolute atomic E-state index is 0.0748. The molecule has 7 nitrogen and oxygen atoms in total. The average Bonchev–Trinajstić information content (AvgIpc) is 3.14. The van der Waals surface area contributed by atoms with Gasteiger partial charge in [-0.1, -0.05) is 135 Å². The van der Waals surface area contributed by atoms with Crippen LogP contribution in [0.5, 0.6) is 5.75 Å². The Hall–Kier alpha value is -5.27. The van der Waals surface area contributed by atoms with Gasteiger partial charge >= 0.3 is 0 Å². The smallest absolute Gasteiger partial charge is 0.258 e. The van der Waals surface area contributed by atoms with Crippen molar-refractivity contribution in [2.24, 2.45) is 11.8 Å². The second kappa shape index (κ2) is 19.7. The van der Waals surface area contributed by atoms with Crippen LogP contribution in [0.25, 0.3) is 10.8 Å². The number of nitrogens with one attached hydrogen (secondary N) is 2. The SMILES string of the molecule is Cc1cccc(C)c1OCC(=O)N[C@@H](Cc1ccccc1)C[C@H](O)[C@@H](CC(=O)[C@H](CC(C)C)NC(=O)Cc1ccc2ccccc2c1)Cc1ccccc1. The van der Waals surface area contributed by atoms with Crippen molar-refractivity contribution in [1.29, 1.82) is 0 Å². The second-order valence-electron chi connectivity index (χ2n) is 15.0. The van der Waals surface area contributed by atoms with Crippen LogP contribution >= 0.6 is 0 Å². The van der Waals surface area contributed by atoms with E-state index in [1.165, 1.54) is 0 Å². The van der Waals surface area contributed by atoms with Gasteiger partial charge in [-0.25, -0.2) is 0 Å². The van der Waals surface area contributed by atoms with Crippen LogP contribution in [-0.2, 0) is 33.6 Å². The third-order valence-electron chi connectivity index (χ3n) is 9.93. The maximum Gasteiger partial charge on any atom is 0.258 e. The van der Waals surface area contributed by atoms with Crippen LogP contribution in [0.3, 0.4) is 0 Å². The van der Waals surface area contributed by atoms with Gasteiger partial charge in [0.25, 0.3) is 5.91 Å². The summed E-state index contributed by atoms with van der Waals surface area (Å²) in [6.45, 7) is 7.81. The van der Waals surface area contributed by atoms with Crippen molar-refractivity contribution in [3.8, 4) is 5.75 Å². The molecule has 0 bridgehead atoms. The third-order valence-corrected chi connectivity index (χ3v) is 9.93. The number of fused-ring (bicyclic) bond motifs is 1. The molecule has 0 aromatic heterocycles. The van der Waals surface area contributed by atoms with Gasteiger partial charge in [0.05, 0.1) is 18.6 Å². The largest absolute Gasteiger partial charge is 0.483 e. The Morgan fingerprint density at radius 1 is 0.648 bits per heavy atom. The number of rotatable bonds is 19. The monoisotopic (exact) mass is 726 g/mol. The molecule has 0 unspecified atom stereocenters. The number of aliphatic hydroxyl groups excluding tert-OH is 1. The number of hydrogen-bond donors (Lipinski definition) is 3. The maximum absolute atomic E-state index is 14.2. The molecule has 7 heteroatoms. The van der Waals surface area contributed by atoms with E-state index in [0.717, 1.165) is 38.6 Å². The molecule has 282 valence electrons. The molecule has 0 radical (unpaired) electrons. The molecule has 4 atom stereocenters. The molecule has 5 rings (SSSR count). The molecule has 0 aliphatic rings. The van der Waals surface area contributed by atoms with Gasteiger partial charge in [0.1, 0.15) is 5.75 Å². The van der Waals surface area contributed by atoms with E-state index in [1.807, 2.05) is 149 Å². The van der Waals surface area contributed by atoms with Crippen molar-refractivity contribution >= 4 is 28.4 Å². The first-order valence-electron chi connectivity index (χ1n) is 19.1. The highest BCUT2D eigenvalue weighted by Crippen LogP contribution is 2.25. The van der Waals surface area contributed by atoms with Gasteiger partial charge in [-0.15, -0.1) is 0 Å². The van der Waals surface area contributed by atoms with E-state index in [0.29, 0.717) is 25.0 Å². The zero-order chi connectivity index (χ0) is 38.5. The quantitative estimate of drug-likeness (QED) is 0.0803. The predicted octanol–water partition coefficient (Wildman–Crippen LogP) is 7.91. The van der Waals surface area contributed by atoms with Crippen molar-refractivity contribution in [2.45, 2.75) is 84.4 Å². The number of aryl methyl sites for hydroxylation is 2. The zero-order valence-electron chi connectivity index (χ0n) is 32.0. The van der Waals surface area contributed by atoms with Crippen LogP contribution in [0, 0.1) is 25.7 Å². The molecule has 5 aromatic carbocycles. The number of Topliss-reactive ketones (excluding diaryl/α,β-unsaturated/α-hetero) is 1. The van der Waals surface area contributed by atoms with Gasteiger partial charge in [0.2, 0.25) is 5.91 Å². The number of carbonyl (C=O) groups is 3. The Morgan fingerprint density at radius 3 is 1.91 bits per heavy atom. The van der Waals surface area contributed by atoms with E-state index in [-0.39, 0.29) is 49.4 Å². The van der Waals surface area contributed by atoms with Crippen LogP contribution in [0.2, 0.25) is 0 Å². The number of carbonyl (C=O) groups excluding carboxylic acids is 3. The summed E-state index contributed by atoms with van der Waals surface area (Å²) in [4.78, 5) is 40.9.